The minimum absolute atomic E-state index is 0.386. The lowest BCUT2D eigenvalue weighted by Crippen LogP contribution is -2.09. The van der Waals surface area contributed by atoms with Crippen LogP contribution < -0.4 is 5.32 Å². The molecule has 0 aromatic heterocycles. The van der Waals surface area contributed by atoms with Crippen LogP contribution in [0.5, 0.6) is 0 Å². The molecule has 1 saturated heterocycles. The fraction of sp³-hybridized carbons (Fsp3) is 0.538. The molecule has 2 aliphatic heterocycles. The minimum Gasteiger partial charge on any atom is -0.378 e. The molecule has 0 amide bonds. The Balaban J connectivity index is 1.92. The zero-order valence-corrected chi connectivity index (χ0v) is 9.12. The van der Waals surface area contributed by atoms with E-state index in [1.807, 2.05) is 0 Å². The van der Waals surface area contributed by atoms with Gasteiger partial charge in [-0.2, -0.15) is 0 Å². The van der Waals surface area contributed by atoms with Crippen molar-refractivity contribution in [2.45, 2.75) is 38.5 Å². The van der Waals surface area contributed by atoms with Crippen LogP contribution in [-0.2, 0) is 17.8 Å². The van der Waals surface area contributed by atoms with E-state index in [-0.39, 0.29) is 0 Å². The highest BCUT2D eigenvalue weighted by Crippen LogP contribution is 2.32. The van der Waals surface area contributed by atoms with Crippen molar-refractivity contribution in [3.05, 3.63) is 34.9 Å². The third-order valence-corrected chi connectivity index (χ3v) is 3.67. The lowest BCUT2D eigenvalue weighted by Gasteiger charge is -2.15. The molecule has 1 aromatic rings. The third-order valence-electron chi connectivity index (χ3n) is 3.67. The lowest BCUT2D eigenvalue weighted by molar-refractivity contribution is 0.118. The van der Waals surface area contributed by atoms with E-state index >= 15 is 0 Å². The van der Waals surface area contributed by atoms with Gasteiger partial charge in [-0.05, 0) is 30.0 Å². The first-order valence-corrected chi connectivity index (χ1v) is 5.78. The minimum atomic E-state index is 0.386. The number of fused-ring (bicyclic) bond motifs is 1. The van der Waals surface area contributed by atoms with Gasteiger partial charge in [-0.25, -0.2) is 0 Å². The van der Waals surface area contributed by atoms with E-state index in [4.69, 9.17) is 4.74 Å². The normalized spacial score (nSPS) is 29.4. The van der Waals surface area contributed by atoms with E-state index in [0.29, 0.717) is 12.0 Å². The SMILES string of the molecule is C[C@@H]1OCC[C@H]1c1ccc2c(c1)CNC2. The van der Waals surface area contributed by atoms with Gasteiger partial charge in [-0.3, -0.25) is 0 Å². The molecule has 1 N–H and O–H groups in total. The number of hydrogen-bond donors (Lipinski definition) is 1. The second kappa shape index (κ2) is 3.62. The van der Waals surface area contributed by atoms with Crippen molar-refractivity contribution < 1.29 is 4.74 Å². The summed E-state index contributed by atoms with van der Waals surface area (Å²) in [6, 6.07) is 6.92. The van der Waals surface area contributed by atoms with Crippen LogP contribution in [0.4, 0.5) is 0 Å². The maximum absolute atomic E-state index is 5.62. The summed E-state index contributed by atoms with van der Waals surface area (Å²) in [7, 11) is 0. The first kappa shape index (κ1) is 9.37. The summed E-state index contributed by atoms with van der Waals surface area (Å²) in [5, 5.41) is 3.39. The van der Waals surface area contributed by atoms with Gasteiger partial charge in [0, 0.05) is 25.6 Å². The van der Waals surface area contributed by atoms with Crippen LogP contribution in [0.3, 0.4) is 0 Å². The zero-order valence-electron chi connectivity index (χ0n) is 9.12. The zero-order chi connectivity index (χ0) is 10.3. The molecular weight excluding hydrogens is 186 g/mol. The van der Waals surface area contributed by atoms with Crippen molar-refractivity contribution in [1.82, 2.24) is 5.32 Å². The van der Waals surface area contributed by atoms with Crippen LogP contribution >= 0.6 is 0 Å². The van der Waals surface area contributed by atoms with Gasteiger partial charge >= 0.3 is 0 Å². The molecule has 80 valence electrons. The van der Waals surface area contributed by atoms with E-state index in [1.54, 1.807) is 0 Å². The van der Waals surface area contributed by atoms with Crippen LogP contribution in [0.15, 0.2) is 18.2 Å². The quantitative estimate of drug-likeness (QED) is 0.755. The van der Waals surface area contributed by atoms with E-state index in [1.165, 1.54) is 23.1 Å². The lowest BCUT2D eigenvalue weighted by atomic mass is 9.91. The molecule has 0 radical (unpaired) electrons. The largest absolute Gasteiger partial charge is 0.378 e. The molecule has 0 bridgehead atoms. The van der Waals surface area contributed by atoms with Crippen molar-refractivity contribution in [1.29, 1.82) is 0 Å². The average Bonchev–Trinajstić information content (AvgIpc) is 2.84. The standard InChI is InChI=1S/C13H17NO/c1-9-13(4-5-15-9)10-2-3-11-7-14-8-12(11)6-10/h2-3,6,9,13-14H,4-5,7-8H2,1H3/t9-,13+/m0/s1. The van der Waals surface area contributed by atoms with Crippen LogP contribution in [0.1, 0.15) is 36.0 Å². The maximum Gasteiger partial charge on any atom is 0.0616 e. The van der Waals surface area contributed by atoms with Crippen molar-refractivity contribution in [2.24, 2.45) is 0 Å². The highest BCUT2D eigenvalue weighted by atomic mass is 16.5. The number of nitrogens with one attached hydrogen (secondary N) is 1. The van der Waals surface area contributed by atoms with Crippen LogP contribution in [0.2, 0.25) is 0 Å². The van der Waals surface area contributed by atoms with Gasteiger partial charge in [0.25, 0.3) is 0 Å². The van der Waals surface area contributed by atoms with Crippen LogP contribution in [0.25, 0.3) is 0 Å². The van der Waals surface area contributed by atoms with Crippen LogP contribution in [-0.4, -0.2) is 12.7 Å². The summed E-state index contributed by atoms with van der Waals surface area (Å²) >= 11 is 0. The van der Waals surface area contributed by atoms with E-state index in [0.717, 1.165) is 19.7 Å². The van der Waals surface area contributed by atoms with Gasteiger partial charge in [0.05, 0.1) is 6.10 Å². The molecule has 1 fully saturated rings. The maximum atomic E-state index is 5.62. The molecular formula is C13H17NO. The molecule has 15 heavy (non-hydrogen) atoms. The van der Waals surface area contributed by atoms with Crippen molar-refractivity contribution >= 4 is 0 Å². The summed E-state index contributed by atoms with van der Waals surface area (Å²) in [6.45, 7) is 5.17. The van der Waals surface area contributed by atoms with Crippen molar-refractivity contribution in [3.63, 3.8) is 0 Å². The number of hydrogen-bond acceptors (Lipinski definition) is 2. The van der Waals surface area contributed by atoms with Gasteiger partial charge in [0.15, 0.2) is 0 Å². The van der Waals surface area contributed by atoms with Gasteiger partial charge in [0.1, 0.15) is 0 Å². The molecule has 2 heterocycles. The topological polar surface area (TPSA) is 21.3 Å². The monoisotopic (exact) mass is 203 g/mol. The highest BCUT2D eigenvalue weighted by molar-refractivity contribution is 5.36. The smallest absolute Gasteiger partial charge is 0.0616 e. The molecule has 2 nitrogen and oxygen atoms in total. The molecule has 2 atom stereocenters. The molecule has 0 unspecified atom stereocenters. The highest BCUT2D eigenvalue weighted by Gasteiger charge is 2.26. The Hall–Kier alpha value is -0.860. The van der Waals surface area contributed by atoms with Gasteiger partial charge in [0.2, 0.25) is 0 Å². The van der Waals surface area contributed by atoms with Crippen molar-refractivity contribution in [3.8, 4) is 0 Å². The second-order valence-corrected chi connectivity index (χ2v) is 4.60. The molecule has 0 spiro atoms. The average molecular weight is 203 g/mol. The molecule has 0 saturated carbocycles. The van der Waals surface area contributed by atoms with E-state index in [9.17, 15) is 0 Å². The summed E-state index contributed by atoms with van der Waals surface area (Å²) < 4.78 is 5.62. The fourth-order valence-corrected chi connectivity index (χ4v) is 2.71. The number of ether oxygens (including phenoxy) is 1. The Morgan fingerprint density at radius 2 is 2.13 bits per heavy atom. The molecule has 1 aromatic carbocycles. The van der Waals surface area contributed by atoms with Crippen molar-refractivity contribution in [2.75, 3.05) is 6.61 Å². The predicted molar refractivity (Wildman–Crippen MR) is 59.8 cm³/mol. The summed E-state index contributed by atoms with van der Waals surface area (Å²) in [6.07, 6.45) is 1.56. The Morgan fingerprint density at radius 1 is 1.27 bits per heavy atom. The Bertz CT molecular complexity index is 375. The third kappa shape index (κ3) is 1.58. The molecule has 3 rings (SSSR count). The van der Waals surface area contributed by atoms with E-state index in [2.05, 4.69) is 30.4 Å². The molecule has 0 aliphatic carbocycles. The molecule has 2 aliphatic rings. The summed E-state index contributed by atoms with van der Waals surface area (Å²) in [5.74, 6) is 0.607. The predicted octanol–water partition coefficient (Wildman–Crippen LogP) is 2.18. The van der Waals surface area contributed by atoms with Gasteiger partial charge in [-0.1, -0.05) is 18.2 Å². The number of rotatable bonds is 1. The Kier molecular flexibility index (Phi) is 2.26. The molecule has 2 heteroatoms. The summed E-state index contributed by atoms with van der Waals surface area (Å²) in [5.41, 5.74) is 4.40. The Morgan fingerprint density at radius 3 is 2.93 bits per heavy atom. The number of benzene rings is 1. The van der Waals surface area contributed by atoms with E-state index < -0.39 is 0 Å². The fourth-order valence-electron chi connectivity index (χ4n) is 2.71. The van der Waals surface area contributed by atoms with Gasteiger partial charge < -0.3 is 10.1 Å². The Labute approximate surface area is 90.6 Å². The van der Waals surface area contributed by atoms with Gasteiger partial charge in [-0.15, -0.1) is 0 Å². The summed E-state index contributed by atoms with van der Waals surface area (Å²) in [4.78, 5) is 0. The first-order chi connectivity index (χ1) is 7.34. The van der Waals surface area contributed by atoms with Crippen LogP contribution in [0, 0.1) is 0 Å². The second-order valence-electron chi connectivity index (χ2n) is 4.60. The first-order valence-electron chi connectivity index (χ1n) is 5.78.